The van der Waals surface area contributed by atoms with Gasteiger partial charge in [0.25, 0.3) is 0 Å². The predicted molar refractivity (Wildman–Crippen MR) is 106 cm³/mol. The third-order valence-corrected chi connectivity index (χ3v) is 3.89. The van der Waals surface area contributed by atoms with Gasteiger partial charge in [0.2, 0.25) is 17.7 Å². The molecular weight excluding hydrogens is 402 g/mol. The average Bonchev–Trinajstić information content (AvgIpc) is 2.64. The Morgan fingerprint density at radius 2 is 1.60 bits per heavy atom. The number of carboxylic acids is 1. The second-order valence-electron chi connectivity index (χ2n) is 6.62. The maximum Gasteiger partial charge on any atom is 0.328 e. The van der Waals surface area contributed by atoms with Crippen molar-refractivity contribution in [1.82, 2.24) is 16.0 Å². The molecule has 5 atom stereocenters. The zero-order chi connectivity index (χ0) is 23.4. The molecule has 12 N–H and O–H groups in total. The second kappa shape index (κ2) is 13.3. The summed E-state index contributed by atoms with van der Waals surface area (Å²) in [6.07, 6.45) is -2.12. The first kappa shape index (κ1) is 27.0. The van der Waals surface area contributed by atoms with Crippen molar-refractivity contribution in [2.24, 2.45) is 22.2 Å². The summed E-state index contributed by atoms with van der Waals surface area (Å²) < 4.78 is 0. The van der Waals surface area contributed by atoms with Gasteiger partial charge in [-0.15, -0.1) is 0 Å². The number of aliphatic imine (C=N–C) groups is 1. The van der Waals surface area contributed by atoms with Crippen LogP contribution in [0.25, 0.3) is 0 Å². The molecule has 14 heteroatoms. The van der Waals surface area contributed by atoms with Gasteiger partial charge in [-0.05, 0) is 26.7 Å². The van der Waals surface area contributed by atoms with Crippen LogP contribution < -0.4 is 33.2 Å². The van der Waals surface area contributed by atoms with Gasteiger partial charge in [0, 0.05) is 6.54 Å². The summed E-state index contributed by atoms with van der Waals surface area (Å²) in [5, 5.41) is 34.4. The van der Waals surface area contributed by atoms with Crippen molar-refractivity contribution in [3.63, 3.8) is 0 Å². The van der Waals surface area contributed by atoms with E-state index < -0.39 is 60.6 Å². The van der Waals surface area contributed by atoms with Crippen LogP contribution in [0.5, 0.6) is 0 Å². The molecule has 0 fully saturated rings. The SMILES string of the molecule is CC(O)C(N)C(=O)NC(CCCN=C(N)N)C(=O)NCC(=O)NC(C(=O)O)C(C)O. The van der Waals surface area contributed by atoms with Crippen molar-refractivity contribution in [3.05, 3.63) is 0 Å². The van der Waals surface area contributed by atoms with Crippen LogP contribution in [-0.4, -0.2) is 88.4 Å². The van der Waals surface area contributed by atoms with Crippen LogP contribution in [-0.2, 0) is 19.2 Å². The summed E-state index contributed by atoms with van der Waals surface area (Å²) in [4.78, 5) is 51.1. The molecule has 0 aromatic rings. The molecule has 0 heterocycles. The summed E-state index contributed by atoms with van der Waals surface area (Å²) >= 11 is 0. The summed E-state index contributed by atoms with van der Waals surface area (Å²) in [5.74, 6) is -3.97. The van der Waals surface area contributed by atoms with Crippen LogP contribution in [0.3, 0.4) is 0 Å². The molecule has 0 saturated carbocycles. The largest absolute Gasteiger partial charge is 0.480 e. The molecule has 0 aliphatic rings. The van der Waals surface area contributed by atoms with E-state index in [1.54, 1.807) is 0 Å². The Balaban J connectivity index is 4.96. The van der Waals surface area contributed by atoms with E-state index in [9.17, 15) is 29.4 Å². The van der Waals surface area contributed by atoms with Crippen LogP contribution in [0.4, 0.5) is 0 Å². The number of rotatable bonds is 13. The lowest BCUT2D eigenvalue weighted by Gasteiger charge is -2.22. The number of hydrogen-bond donors (Lipinski definition) is 9. The zero-order valence-corrected chi connectivity index (χ0v) is 16.9. The maximum absolute atomic E-state index is 12.4. The molecule has 0 aromatic heterocycles. The number of carboxylic acid groups (broad SMARTS) is 1. The van der Waals surface area contributed by atoms with Crippen LogP contribution in [0.1, 0.15) is 26.7 Å². The number of carbonyl (C=O) groups is 4. The maximum atomic E-state index is 12.4. The number of guanidine groups is 1. The minimum absolute atomic E-state index is 0.0912. The Bertz CT molecular complexity index is 635. The Hall–Kier alpha value is -2.97. The van der Waals surface area contributed by atoms with E-state index in [0.29, 0.717) is 6.42 Å². The number of nitrogens with two attached hydrogens (primary N) is 3. The van der Waals surface area contributed by atoms with E-state index in [-0.39, 0.29) is 18.9 Å². The predicted octanol–water partition coefficient (Wildman–Crippen LogP) is -4.70. The fourth-order valence-corrected chi connectivity index (χ4v) is 2.16. The highest BCUT2D eigenvalue weighted by atomic mass is 16.4. The molecule has 0 bridgehead atoms. The van der Waals surface area contributed by atoms with Crippen LogP contribution in [0.2, 0.25) is 0 Å². The number of aliphatic carboxylic acids is 1. The van der Waals surface area contributed by atoms with Crippen molar-refractivity contribution in [2.45, 2.75) is 57.0 Å². The Morgan fingerprint density at radius 3 is 2.07 bits per heavy atom. The first-order chi connectivity index (χ1) is 13.9. The van der Waals surface area contributed by atoms with Gasteiger partial charge in [-0.3, -0.25) is 19.4 Å². The lowest BCUT2D eigenvalue weighted by atomic mass is 10.1. The molecule has 14 nitrogen and oxygen atoms in total. The Kier molecular flexibility index (Phi) is 12.0. The van der Waals surface area contributed by atoms with Crippen LogP contribution >= 0.6 is 0 Å². The first-order valence-electron chi connectivity index (χ1n) is 9.14. The van der Waals surface area contributed by atoms with E-state index in [0.717, 1.165) is 0 Å². The topological polar surface area (TPSA) is 255 Å². The molecule has 172 valence electrons. The minimum atomic E-state index is -1.55. The van der Waals surface area contributed by atoms with Gasteiger partial charge in [-0.1, -0.05) is 0 Å². The second-order valence-corrected chi connectivity index (χ2v) is 6.62. The number of nitrogens with one attached hydrogen (secondary N) is 3. The lowest BCUT2D eigenvalue weighted by molar-refractivity contribution is -0.144. The average molecular weight is 433 g/mol. The minimum Gasteiger partial charge on any atom is -0.480 e. The lowest BCUT2D eigenvalue weighted by Crippen LogP contribution is -2.56. The van der Waals surface area contributed by atoms with E-state index in [1.807, 2.05) is 0 Å². The molecule has 0 saturated heterocycles. The molecular formula is C16H31N7O7. The fourth-order valence-electron chi connectivity index (χ4n) is 2.16. The standard InChI is InChI=1S/C16H31N7O7/c1-7(24)11(17)14(28)22-9(4-3-5-20-16(18)19)13(27)21-6-10(26)23-12(8(2)25)15(29)30/h7-9,11-12,24-25H,3-6,17H2,1-2H3,(H,21,27)(H,22,28)(H,23,26)(H,29,30)(H4,18,19,20). The van der Waals surface area contributed by atoms with Crippen molar-refractivity contribution in [2.75, 3.05) is 13.1 Å². The summed E-state index contributed by atoms with van der Waals surface area (Å²) in [6.45, 7) is 2.08. The zero-order valence-electron chi connectivity index (χ0n) is 16.9. The highest BCUT2D eigenvalue weighted by molar-refractivity contribution is 5.92. The van der Waals surface area contributed by atoms with Crippen molar-refractivity contribution in [1.29, 1.82) is 0 Å². The number of amides is 3. The highest BCUT2D eigenvalue weighted by Gasteiger charge is 2.27. The van der Waals surface area contributed by atoms with Gasteiger partial charge < -0.3 is 48.5 Å². The molecule has 0 aliphatic carbocycles. The van der Waals surface area contributed by atoms with Gasteiger partial charge in [0.05, 0.1) is 18.8 Å². The van der Waals surface area contributed by atoms with Gasteiger partial charge in [-0.2, -0.15) is 0 Å². The molecule has 0 aromatic carbocycles. The normalized spacial score (nSPS) is 15.6. The Morgan fingerprint density at radius 1 is 1.00 bits per heavy atom. The monoisotopic (exact) mass is 433 g/mol. The fraction of sp³-hybridized carbons (Fsp3) is 0.688. The third-order valence-electron chi connectivity index (χ3n) is 3.89. The van der Waals surface area contributed by atoms with E-state index in [4.69, 9.17) is 22.3 Å². The molecule has 0 rings (SSSR count). The number of carbonyl (C=O) groups excluding carboxylic acids is 3. The van der Waals surface area contributed by atoms with Crippen molar-refractivity contribution in [3.8, 4) is 0 Å². The number of aliphatic hydroxyl groups excluding tert-OH is 2. The van der Waals surface area contributed by atoms with Gasteiger partial charge in [0.1, 0.15) is 12.1 Å². The Labute approximate surface area is 173 Å². The summed E-state index contributed by atoms with van der Waals surface area (Å²) in [6, 6.07) is -3.94. The quantitative estimate of drug-likeness (QED) is 0.0761. The molecule has 0 radical (unpaired) electrons. The number of nitrogens with zero attached hydrogens (tertiary/aromatic N) is 1. The molecule has 5 unspecified atom stereocenters. The van der Waals surface area contributed by atoms with E-state index in [1.165, 1.54) is 13.8 Å². The van der Waals surface area contributed by atoms with E-state index >= 15 is 0 Å². The van der Waals surface area contributed by atoms with Crippen LogP contribution in [0.15, 0.2) is 4.99 Å². The molecule has 3 amide bonds. The molecule has 30 heavy (non-hydrogen) atoms. The summed E-state index contributed by atoms with van der Waals surface area (Å²) in [5.41, 5.74) is 16.0. The van der Waals surface area contributed by atoms with Gasteiger partial charge >= 0.3 is 5.97 Å². The number of hydrogen-bond acceptors (Lipinski definition) is 8. The first-order valence-corrected chi connectivity index (χ1v) is 9.14. The summed E-state index contributed by atoms with van der Waals surface area (Å²) in [7, 11) is 0. The van der Waals surface area contributed by atoms with Crippen LogP contribution in [0, 0.1) is 0 Å². The number of aliphatic hydroxyl groups is 2. The van der Waals surface area contributed by atoms with Gasteiger partial charge in [-0.25, -0.2) is 4.79 Å². The smallest absolute Gasteiger partial charge is 0.328 e. The highest BCUT2D eigenvalue weighted by Crippen LogP contribution is 2.01. The third kappa shape index (κ3) is 10.5. The van der Waals surface area contributed by atoms with E-state index in [2.05, 4.69) is 20.9 Å². The van der Waals surface area contributed by atoms with Gasteiger partial charge in [0.15, 0.2) is 12.0 Å². The molecule has 0 spiro atoms. The molecule has 0 aliphatic heterocycles. The van der Waals surface area contributed by atoms with Crippen molar-refractivity contribution >= 4 is 29.7 Å². The van der Waals surface area contributed by atoms with Crippen molar-refractivity contribution < 1.29 is 34.5 Å².